The second kappa shape index (κ2) is 5.49. The largest absolute Gasteiger partial charge is 0.369 e. The second-order valence-corrected chi connectivity index (χ2v) is 6.41. The fraction of sp³-hybridized carbons (Fsp3) is 0.625. The van der Waals surface area contributed by atoms with E-state index in [1.807, 2.05) is 26.1 Å². The van der Waals surface area contributed by atoms with Crippen molar-refractivity contribution in [3.05, 3.63) is 29.6 Å². The summed E-state index contributed by atoms with van der Waals surface area (Å²) in [5, 5.41) is 3.14. The molecule has 1 unspecified atom stereocenters. The van der Waals surface area contributed by atoms with Gasteiger partial charge in [0.05, 0.1) is 5.69 Å². The highest BCUT2D eigenvalue weighted by molar-refractivity contribution is 5.50. The van der Waals surface area contributed by atoms with Gasteiger partial charge in [-0.25, -0.2) is 4.39 Å². The maximum atomic E-state index is 14.3. The molecular formula is C16H25FN2. The summed E-state index contributed by atoms with van der Waals surface area (Å²) in [6.45, 7) is 8.45. The van der Waals surface area contributed by atoms with E-state index in [-0.39, 0.29) is 17.3 Å². The monoisotopic (exact) mass is 264 g/mol. The summed E-state index contributed by atoms with van der Waals surface area (Å²) in [6.07, 6.45) is 2.36. The van der Waals surface area contributed by atoms with E-state index in [4.69, 9.17) is 0 Å². The van der Waals surface area contributed by atoms with Crippen LogP contribution in [0.15, 0.2) is 18.2 Å². The molecule has 1 saturated heterocycles. The van der Waals surface area contributed by atoms with Crippen molar-refractivity contribution in [3.8, 4) is 0 Å². The molecular weight excluding hydrogens is 239 g/mol. The molecule has 3 heteroatoms. The van der Waals surface area contributed by atoms with Crippen LogP contribution in [0.3, 0.4) is 0 Å². The molecule has 1 aliphatic heterocycles. The molecule has 0 bridgehead atoms. The van der Waals surface area contributed by atoms with Gasteiger partial charge in [0.25, 0.3) is 0 Å². The zero-order valence-electron chi connectivity index (χ0n) is 12.5. The van der Waals surface area contributed by atoms with Crippen LogP contribution in [0, 0.1) is 11.2 Å². The molecule has 19 heavy (non-hydrogen) atoms. The summed E-state index contributed by atoms with van der Waals surface area (Å²) >= 11 is 0. The highest BCUT2D eigenvalue weighted by atomic mass is 19.1. The standard InChI is InChI=1S/C16H25FN2/c1-12(18-4)13-6-7-15(14(17)10-13)19-9-5-8-16(2,3)11-19/h6-7,10,12,18H,5,8-9,11H2,1-4H3. The van der Waals surface area contributed by atoms with Crippen LogP contribution in [0.25, 0.3) is 0 Å². The van der Waals surface area contributed by atoms with Crippen LogP contribution in [0.1, 0.15) is 45.2 Å². The van der Waals surface area contributed by atoms with E-state index >= 15 is 0 Å². The first-order valence-corrected chi connectivity index (χ1v) is 7.14. The lowest BCUT2D eigenvalue weighted by Crippen LogP contribution is -2.40. The van der Waals surface area contributed by atoms with Gasteiger partial charge in [0.15, 0.2) is 0 Å². The molecule has 0 aliphatic carbocycles. The van der Waals surface area contributed by atoms with Gasteiger partial charge in [-0.3, -0.25) is 0 Å². The lowest BCUT2D eigenvalue weighted by molar-refractivity contribution is 0.292. The van der Waals surface area contributed by atoms with Gasteiger partial charge in [-0.2, -0.15) is 0 Å². The molecule has 1 aromatic rings. The molecule has 1 aliphatic rings. The Morgan fingerprint density at radius 3 is 2.68 bits per heavy atom. The summed E-state index contributed by atoms with van der Waals surface area (Å²) in [6, 6.07) is 5.81. The highest BCUT2D eigenvalue weighted by Crippen LogP contribution is 2.33. The van der Waals surface area contributed by atoms with Gasteiger partial charge in [-0.05, 0) is 49.9 Å². The van der Waals surface area contributed by atoms with Crippen LogP contribution >= 0.6 is 0 Å². The van der Waals surface area contributed by atoms with Crippen LogP contribution in [0.4, 0.5) is 10.1 Å². The predicted octanol–water partition coefficient (Wildman–Crippen LogP) is 3.73. The first-order chi connectivity index (χ1) is 8.93. The zero-order valence-corrected chi connectivity index (χ0v) is 12.5. The Morgan fingerprint density at radius 1 is 1.37 bits per heavy atom. The van der Waals surface area contributed by atoms with E-state index in [1.165, 1.54) is 6.42 Å². The number of nitrogens with one attached hydrogen (secondary N) is 1. The number of piperidine rings is 1. The molecule has 2 rings (SSSR count). The van der Waals surface area contributed by atoms with E-state index < -0.39 is 0 Å². The molecule has 1 atom stereocenters. The predicted molar refractivity (Wildman–Crippen MR) is 79.1 cm³/mol. The van der Waals surface area contributed by atoms with E-state index in [0.29, 0.717) is 0 Å². The van der Waals surface area contributed by atoms with Gasteiger partial charge in [-0.1, -0.05) is 19.9 Å². The van der Waals surface area contributed by atoms with Gasteiger partial charge in [0, 0.05) is 19.1 Å². The van der Waals surface area contributed by atoms with Crippen molar-refractivity contribution in [2.24, 2.45) is 5.41 Å². The van der Waals surface area contributed by atoms with Crippen LogP contribution in [-0.4, -0.2) is 20.1 Å². The summed E-state index contributed by atoms with van der Waals surface area (Å²) < 4.78 is 14.3. The average molecular weight is 264 g/mol. The molecule has 0 aromatic heterocycles. The Hall–Kier alpha value is -1.09. The quantitative estimate of drug-likeness (QED) is 0.895. The SMILES string of the molecule is CNC(C)c1ccc(N2CCCC(C)(C)C2)c(F)c1. The smallest absolute Gasteiger partial charge is 0.146 e. The molecule has 106 valence electrons. The van der Waals surface area contributed by atoms with Crippen LogP contribution in [-0.2, 0) is 0 Å². The molecule has 1 N–H and O–H groups in total. The lowest BCUT2D eigenvalue weighted by atomic mass is 9.84. The number of rotatable bonds is 3. The van der Waals surface area contributed by atoms with Crippen molar-refractivity contribution in [1.82, 2.24) is 5.32 Å². The molecule has 0 amide bonds. The van der Waals surface area contributed by atoms with E-state index in [1.54, 1.807) is 6.07 Å². The number of benzene rings is 1. The minimum absolute atomic E-state index is 0.0997. The van der Waals surface area contributed by atoms with Crippen LogP contribution < -0.4 is 10.2 Å². The number of hydrogen-bond acceptors (Lipinski definition) is 2. The molecule has 1 aromatic carbocycles. The fourth-order valence-corrected chi connectivity index (χ4v) is 2.84. The fourth-order valence-electron chi connectivity index (χ4n) is 2.84. The first-order valence-electron chi connectivity index (χ1n) is 7.14. The Kier molecular flexibility index (Phi) is 4.14. The van der Waals surface area contributed by atoms with Crippen molar-refractivity contribution >= 4 is 5.69 Å². The maximum Gasteiger partial charge on any atom is 0.146 e. The first kappa shape index (κ1) is 14.3. The van der Waals surface area contributed by atoms with Gasteiger partial charge < -0.3 is 10.2 Å². The second-order valence-electron chi connectivity index (χ2n) is 6.41. The van der Waals surface area contributed by atoms with Gasteiger partial charge in [0.1, 0.15) is 5.82 Å². The number of hydrogen-bond donors (Lipinski definition) is 1. The number of nitrogens with zero attached hydrogens (tertiary/aromatic N) is 1. The van der Waals surface area contributed by atoms with E-state index in [9.17, 15) is 4.39 Å². The van der Waals surface area contributed by atoms with Gasteiger partial charge >= 0.3 is 0 Å². The minimum atomic E-state index is -0.0997. The van der Waals surface area contributed by atoms with Gasteiger partial charge in [0.2, 0.25) is 0 Å². The molecule has 0 saturated carbocycles. The summed E-state index contributed by atoms with van der Waals surface area (Å²) in [5.41, 5.74) is 2.03. The molecule has 2 nitrogen and oxygen atoms in total. The maximum absolute atomic E-state index is 14.3. The number of anilines is 1. The number of halogens is 1. The van der Waals surface area contributed by atoms with Crippen molar-refractivity contribution in [1.29, 1.82) is 0 Å². The third-order valence-corrected chi connectivity index (χ3v) is 4.15. The van der Waals surface area contributed by atoms with E-state index in [2.05, 4.69) is 24.1 Å². The third kappa shape index (κ3) is 3.27. The van der Waals surface area contributed by atoms with Crippen molar-refractivity contribution < 1.29 is 4.39 Å². The zero-order chi connectivity index (χ0) is 14.0. The van der Waals surface area contributed by atoms with Crippen LogP contribution in [0.5, 0.6) is 0 Å². The van der Waals surface area contributed by atoms with Crippen molar-refractivity contribution in [3.63, 3.8) is 0 Å². The molecule has 1 heterocycles. The molecule has 1 fully saturated rings. The Bertz CT molecular complexity index is 442. The average Bonchev–Trinajstić information content (AvgIpc) is 2.36. The lowest BCUT2D eigenvalue weighted by Gasteiger charge is -2.39. The summed E-state index contributed by atoms with van der Waals surface area (Å²) in [4.78, 5) is 2.19. The Balaban J connectivity index is 2.21. The Morgan fingerprint density at radius 2 is 2.11 bits per heavy atom. The van der Waals surface area contributed by atoms with Crippen molar-refractivity contribution in [2.45, 2.75) is 39.7 Å². The molecule has 0 radical (unpaired) electrons. The van der Waals surface area contributed by atoms with Crippen LogP contribution in [0.2, 0.25) is 0 Å². The molecule has 0 spiro atoms. The topological polar surface area (TPSA) is 15.3 Å². The van der Waals surface area contributed by atoms with E-state index in [0.717, 1.165) is 30.8 Å². The van der Waals surface area contributed by atoms with Gasteiger partial charge in [-0.15, -0.1) is 0 Å². The highest BCUT2D eigenvalue weighted by Gasteiger charge is 2.27. The Labute approximate surface area is 116 Å². The summed E-state index contributed by atoms with van der Waals surface area (Å²) in [7, 11) is 1.89. The minimum Gasteiger partial charge on any atom is -0.369 e. The van der Waals surface area contributed by atoms with Crippen molar-refractivity contribution in [2.75, 3.05) is 25.0 Å². The summed E-state index contributed by atoms with van der Waals surface area (Å²) in [5.74, 6) is -0.0997. The normalized spacial score (nSPS) is 20.4. The third-order valence-electron chi connectivity index (χ3n) is 4.15.